The highest BCUT2D eigenvalue weighted by molar-refractivity contribution is 7.89. The van der Waals surface area contributed by atoms with E-state index in [0.717, 1.165) is 4.31 Å². The number of amides is 1. The second kappa shape index (κ2) is 7.99. The van der Waals surface area contributed by atoms with Crippen LogP contribution in [-0.2, 0) is 10.0 Å². The second-order valence-electron chi connectivity index (χ2n) is 5.53. The van der Waals surface area contributed by atoms with Crippen LogP contribution in [0.2, 0.25) is 0 Å². The van der Waals surface area contributed by atoms with Crippen LogP contribution in [0.1, 0.15) is 22.8 Å². The first-order chi connectivity index (χ1) is 12.3. The average molecular weight is 373 g/mol. The maximum atomic E-state index is 12.5. The molecule has 7 nitrogen and oxygen atoms in total. The number of nitriles is 1. The minimum Gasteiger partial charge on any atom is -0.492 e. The van der Waals surface area contributed by atoms with Gasteiger partial charge in [-0.25, -0.2) is 12.7 Å². The van der Waals surface area contributed by atoms with Gasteiger partial charge in [0.2, 0.25) is 10.0 Å². The number of sulfonamides is 1. The third-order valence-corrected chi connectivity index (χ3v) is 5.35. The van der Waals surface area contributed by atoms with E-state index in [4.69, 9.17) is 10.00 Å². The van der Waals surface area contributed by atoms with Gasteiger partial charge in [0, 0.05) is 25.3 Å². The standard InChI is InChI=1S/C18H19N3O4S/c1-4-25-16-9-8-15(11-17(16)26(23,24)21(2)3)20-18(22)14-7-5-6-13(10-14)12-19/h5-11H,4H2,1-3H3,(H,20,22). The highest BCUT2D eigenvalue weighted by atomic mass is 32.2. The van der Waals surface area contributed by atoms with E-state index < -0.39 is 15.9 Å². The van der Waals surface area contributed by atoms with Gasteiger partial charge in [0.1, 0.15) is 10.6 Å². The largest absolute Gasteiger partial charge is 0.492 e. The molecule has 0 aliphatic rings. The molecule has 136 valence electrons. The third kappa shape index (κ3) is 4.20. The van der Waals surface area contributed by atoms with Crippen LogP contribution in [-0.4, -0.2) is 39.3 Å². The minimum atomic E-state index is -3.75. The Morgan fingerprint density at radius 1 is 1.23 bits per heavy atom. The second-order valence-corrected chi connectivity index (χ2v) is 7.65. The van der Waals surface area contributed by atoms with E-state index in [-0.39, 0.29) is 10.6 Å². The summed E-state index contributed by atoms with van der Waals surface area (Å²) in [6.07, 6.45) is 0. The quantitative estimate of drug-likeness (QED) is 0.838. The van der Waals surface area contributed by atoms with Crippen molar-refractivity contribution in [3.05, 3.63) is 53.6 Å². The van der Waals surface area contributed by atoms with Gasteiger partial charge < -0.3 is 10.1 Å². The van der Waals surface area contributed by atoms with Crippen molar-refractivity contribution in [1.82, 2.24) is 4.31 Å². The topological polar surface area (TPSA) is 99.5 Å². The molecular formula is C18H19N3O4S. The monoisotopic (exact) mass is 373 g/mol. The lowest BCUT2D eigenvalue weighted by atomic mass is 10.1. The summed E-state index contributed by atoms with van der Waals surface area (Å²) in [7, 11) is -0.909. The van der Waals surface area contributed by atoms with E-state index >= 15 is 0 Å². The van der Waals surface area contributed by atoms with Crippen molar-refractivity contribution in [3.8, 4) is 11.8 Å². The molecule has 0 saturated heterocycles. The first-order valence-corrected chi connectivity index (χ1v) is 9.24. The molecule has 0 fully saturated rings. The van der Waals surface area contributed by atoms with E-state index in [0.29, 0.717) is 23.4 Å². The summed E-state index contributed by atoms with van der Waals surface area (Å²) >= 11 is 0. The maximum absolute atomic E-state index is 12.5. The summed E-state index contributed by atoms with van der Waals surface area (Å²) in [4.78, 5) is 12.3. The lowest BCUT2D eigenvalue weighted by molar-refractivity contribution is 0.102. The van der Waals surface area contributed by atoms with Gasteiger partial charge in [-0.3, -0.25) is 4.79 Å². The zero-order chi connectivity index (χ0) is 19.3. The fourth-order valence-corrected chi connectivity index (χ4v) is 3.24. The third-order valence-electron chi connectivity index (χ3n) is 3.51. The molecule has 1 amide bonds. The fraction of sp³-hybridized carbons (Fsp3) is 0.222. The van der Waals surface area contributed by atoms with Crippen LogP contribution >= 0.6 is 0 Å². The van der Waals surface area contributed by atoms with Crippen LogP contribution in [0.25, 0.3) is 0 Å². The lowest BCUT2D eigenvalue weighted by Crippen LogP contribution is -2.23. The number of benzene rings is 2. The van der Waals surface area contributed by atoms with Crippen molar-refractivity contribution in [2.45, 2.75) is 11.8 Å². The summed E-state index contributed by atoms with van der Waals surface area (Å²) in [6.45, 7) is 2.06. The summed E-state index contributed by atoms with van der Waals surface area (Å²) in [5, 5.41) is 11.6. The molecule has 0 bridgehead atoms. The molecule has 0 unspecified atom stereocenters. The summed E-state index contributed by atoms with van der Waals surface area (Å²) in [5.41, 5.74) is 0.969. The van der Waals surface area contributed by atoms with E-state index in [1.54, 1.807) is 31.2 Å². The Kier molecular flexibility index (Phi) is 5.97. The SMILES string of the molecule is CCOc1ccc(NC(=O)c2cccc(C#N)c2)cc1S(=O)(=O)N(C)C. The first kappa shape index (κ1) is 19.4. The number of carbonyl (C=O) groups is 1. The molecule has 2 rings (SSSR count). The zero-order valence-corrected chi connectivity index (χ0v) is 15.5. The Balaban J connectivity index is 2.39. The van der Waals surface area contributed by atoms with Gasteiger partial charge in [0.05, 0.1) is 18.2 Å². The smallest absolute Gasteiger partial charge is 0.255 e. The van der Waals surface area contributed by atoms with Gasteiger partial charge in [-0.05, 0) is 43.3 Å². The normalized spacial score (nSPS) is 11.0. The Bertz CT molecular complexity index is 963. The van der Waals surface area contributed by atoms with Crippen LogP contribution in [0.5, 0.6) is 5.75 Å². The van der Waals surface area contributed by atoms with Crippen molar-refractivity contribution < 1.29 is 17.9 Å². The predicted molar refractivity (Wildman–Crippen MR) is 97.6 cm³/mol. The van der Waals surface area contributed by atoms with E-state index in [1.165, 1.54) is 32.3 Å². The van der Waals surface area contributed by atoms with Crippen LogP contribution in [0, 0.1) is 11.3 Å². The molecule has 1 N–H and O–H groups in total. The highest BCUT2D eigenvalue weighted by Crippen LogP contribution is 2.29. The number of rotatable bonds is 6. The minimum absolute atomic E-state index is 0.0343. The summed E-state index contributed by atoms with van der Waals surface area (Å²) < 4.78 is 31.5. The molecule has 0 aromatic heterocycles. The first-order valence-electron chi connectivity index (χ1n) is 7.80. The molecule has 8 heteroatoms. The van der Waals surface area contributed by atoms with E-state index in [1.807, 2.05) is 6.07 Å². The summed E-state index contributed by atoms with van der Waals surface area (Å²) in [5.74, 6) is -0.231. The molecule has 0 spiro atoms. The summed E-state index contributed by atoms with van der Waals surface area (Å²) in [6, 6.07) is 12.6. The number of ether oxygens (including phenoxy) is 1. The van der Waals surface area contributed by atoms with Crippen molar-refractivity contribution in [2.75, 3.05) is 26.0 Å². The zero-order valence-electron chi connectivity index (χ0n) is 14.7. The van der Waals surface area contributed by atoms with Crippen molar-refractivity contribution in [2.24, 2.45) is 0 Å². The molecular weight excluding hydrogens is 354 g/mol. The van der Waals surface area contributed by atoms with Gasteiger partial charge >= 0.3 is 0 Å². The Morgan fingerprint density at radius 2 is 1.96 bits per heavy atom. The number of carbonyl (C=O) groups excluding carboxylic acids is 1. The molecule has 0 atom stereocenters. The molecule has 0 heterocycles. The molecule has 0 saturated carbocycles. The van der Waals surface area contributed by atoms with Gasteiger partial charge in [0.25, 0.3) is 5.91 Å². The number of hydrogen-bond acceptors (Lipinski definition) is 5. The van der Waals surface area contributed by atoms with Crippen molar-refractivity contribution >= 4 is 21.6 Å². The van der Waals surface area contributed by atoms with Crippen LogP contribution in [0.4, 0.5) is 5.69 Å². The van der Waals surface area contributed by atoms with Gasteiger partial charge in [-0.1, -0.05) is 6.07 Å². The molecule has 2 aromatic rings. The predicted octanol–water partition coefficient (Wildman–Crippen LogP) is 2.46. The number of anilines is 1. The molecule has 26 heavy (non-hydrogen) atoms. The molecule has 0 aliphatic carbocycles. The number of hydrogen-bond donors (Lipinski definition) is 1. The molecule has 2 aromatic carbocycles. The van der Waals surface area contributed by atoms with Gasteiger partial charge in [-0.15, -0.1) is 0 Å². The van der Waals surface area contributed by atoms with E-state index in [9.17, 15) is 13.2 Å². The van der Waals surface area contributed by atoms with Crippen LogP contribution in [0.15, 0.2) is 47.4 Å². The highest BCUT2D eigenvalue weighted by Gasteiger charge is 2.23. The molecule has 0 radical (unpaired) electrons. The van der Waals surface area contributed by atoms with Crippen LogP contribution in [0.3, 0.4) is 0 Å². The number of nitrogens with zero attached hydrogens (tertiary/aromatic N) is 2. The Hall–Kier alpha value is -2.89. The fourth-order valence-electron chi connectivity index (χ4n) is 2.19. The van der Waals surface area contributed by atoms with E-state index in [2.05, 4.69) is 5.32 Å². The maximum Gasteiger partial charge on any atom is 0.255 e. The Morgan fingerprint density at radius 3 is 2.58 bits per heavy atom. The lowest BCUT2D eigenvalue weighted by Gasteiger charge is -2.16. The van der Waals surface area contributed by atoms with Crippen molar-refractivity contribution in [3.63, 3.8) is 0 Å². The average Bonchev–Trinajstić information content (AvgIpc) is 2.63. The molecule has 0 aliphatic heterocycles. The Labute approximate surface area is 152 Å². The van der Waals surface area contributed by atoms with Gasteiger partial charge in [0.15, 0.2) is 0 Å². The van der Waals surface area contributed by atoms with Crippen molar-refractivity contribution in [1.29, 1.82) is 5.26 Å². The van der Waals surface area contributed by atoms with Gasteiger partial charge in [-0.2, -0.15) is 5.26 Å². The number of nitrogens with one attached hydrogen (secondary N) is 1. The van der Waals surface area contributed by atoms with Crippen LogP contribution < -0.4 is 10.1 Å².